The van der Waals surface area contributed by atoms with Crippen molar-refractivity contribution in [2.75, 3.05) is 23.3 Å². The number of carboxylic acids is 1. The Morgan fingerprint density at radius 1 is 1.19 bits per heavy atom. The zero-order valence-electron chi connectivity index (χ0n) is 15.6. The van der Waals surface area contributed by atoms with Crippen molar-refractivity contribution in [2.45, 2.75) is 38.5 Å². The van der Waals surface area contributed by atoms with Crippen molar-refractivity contribution in [3.63, 3.8) is 0 Å². The molecular formula is C22H26N2O3. The summed E-state index contributed by atoms with van der Waals surface area (Å²) < 4.78 is 0. The van der Waals surface area contributed by atoms with Gasteiger partial charge in [-0.1, -0.05) is 43.7 Å². The van der Waals surface area contributed by atoms with E-state index in [1.165, 1.54) is 5.56 Å². The SMILES string of the molecule is CCCCC(=O)Nc1ccc(N2CCC(c3ccccc3)C2)c(C(=O)O)c1. The van der Waals surface area contributed by atoms with Gasteiger partial charge in [-0.2, -0.15) is 0 Å². The summed E-state index contributed by atoms with van der Waals surface area (Å²) in [6.07, 6.45) is 3.22. The molecule has 1 heterocycles. The summed E-state index contributed by atoms with van der Waals surface area (Å²) in [5.41, 5.74) is 2.78. The van der Waals surface area contributed by atoms with Crippen LogP contribution in [0.4, 0.5) is 11.4 Å². The lowest BCUT2D eigenvalue weighted by molar-refractivity contribution is -0.116. The molecule has 1 atom stereocenters. The summed E-state index contributed by atoms with van der Waals surface area (Å²) in [5, 5.41) is 12.5. The first-order valence-corrected chi connectivity index (χ1v) is 9.55. The van der Waals surface area contributed by atoms with Crippen molar-refractivity contribution >= 4 is 23.3 Å². The highest BCUT2D eigenvalue weighted by molar-refractivity contribution is 5.98. The summed E-state index contributed by atoms with van der Waals surface area (Å²) in [6.45, 7) is 3.65. The molecular weight excluding hydrogens is 340 g/mol. The second-order valence-electron chi connectivity index (χ2n) is 7.03. The summed E-state index contributed by atoms with van der Waals surface area (Å²) in [5.74, 6) is -0.648. The Morgan fingerprint density at radius 2 is 1.96 bits per heavy atom. The van der Waals surface area contributed by atoms with Crippen molar-refractivity contribution in [1.29, 1.82) is 0 Å². The van der Waals surface area contributed by atoms with Gasteiger partial charge in [0, 0.05) is 31.1 Å². The molecule has 142 valence electrons. The van der Waals surface area contributed by atoms with E-state index >= 15 is 0 Å². The number of nitrogens with zero attached hydrogens (tertiary/aromatic N) is 1. The number of aromatic carboxylic acids is 1. The summed E-state index contributed by atoms with van der Waals surface area (Å²) in [4.78, 5) is 25.9. The van der Waals surface area contributed by atoms with E-state index < -0.39 is 5.97 Å². The molecule has 3 rings (SSSR count). The molecule has 1 saturated heterocycles. The number of unbranched alkanes of at least 4 members (excludes halogenated alkanes) is 1. The van der Waals surface area contributed by atoms with Crippen LogP contribution in [0, 0.1) is 0 Å². The molecule has 1 unspecified atom stereocenters. The first kappa shape index (κ1) is 19.0. The fourth-order valence-corrected chi connectivity index (χ4v) is 3.60. The Hall–Kier alpha value is -2.82. The van der Waals surface area contributed by atoms with E-state index in [0.717, 1.165) is 32.4 Å². The molecule has 0 spiro atoms. The number of anilines is 2. The summed E-state index contributed by atoms with van der Waals surface area (Å²) in [6, 6.07) is 15.5. The third-order valence-corrected chi connectivity index (χ3v) is 5.07. The molecule has 27 heavy (non-hydrogen) atoms. The van der Waals surface area contributed by atoms with Crippen LogP contribution < -0.4 is 10.2 Å². The van der Waals surface area contributed by atoms with Gasteiger partial charge in [0.2, 0.25) is 5.91 Å². The molecule has 2 aromatic rings. The molecule has 1 aliphatic rings. The van der Waals surface area contributed by atoms with Gasteiger partial charge in [0.15, 0.2) is 0 Å². The topological polar surface area (TPSA) is 69.6 Å². The van der Waals surface area contributed by atoms with Crippen LogP contribution in [0.1, 0.15) is 54.4 Å². The normalized spacial score (nSPS) is 16.3. The van der Waals surface area contributed by atoms with Crippen molar-refractivity contribution in [3.05, 3.63) is 59.7 Å². The fraction of sp³-hybridized carbons (Fsp3) is 0.364. The van der Waals surface area contributed by atoms with Crippen LogP contribution in [0.25, 0.3) is 0 Å². The van der Waals surface area contributed by atoms with Crippen molar-refractivity contribution < 1.29 is 14.7 Å². The molecule has 0 aliphatic carbocycles. The average Bonchev–Trinajstić information content (AvgIpc) is 3.17. The Bertz CT molecular complexity index is 804. The number of hydrogen-bond donors (Lipinski definition) is 2. The molecule has 1 aliphatic heterocycles. The third kappa shape index (κ3) is 4.67. The maximum absolute atomic E-state index is 11.9. The summed E-state index contributed by atoms with van der Waals surface area (Å²) >= 11 is 0. The van der Waals surface area contributed by atoms with Crippen LogP contribution in [-0.4, -0.2) is 30.1 Å². The number of carbonyl (C=O) groups is 2. The quantitative estimate of drug-likeness (QED) is 0.756. The lowest BCUT2D eigenvalue weighted by Gasteiger charge is -2.21. The monoisotopic (exact) mass is 366 g/mol. The lowest BCUT2D eigenvalue weighted by atomic mass is 9.99. The Morgan fingerprint density at radius 3 is 2.67 bits per heavy atom. The second-order valence-corrected chi connectivity index (χ2v) is 7.03. The van der Waals surface area contributed by atoms with Crippen LogP contribution in [0.15, 0.2) is 48.5 Å². The van der Waals surface area contributed by atoms with E-state index in [1.54, 1.807) is 12.1 Å². The van der Waals surface area contributed by atoms with Crippen LogP contribution >= 0.6 is 0 Å². The number of benzene rings is 2. The molecule has 0 saturated carbocycles. The number of nitrogens with one attached hydrogen (secondary N) is 1. The maximum Gasteiger partial charge on any atom is 0.337 e. The van der Waals surface area contributed by atoms with Crippen LogP contribution in [-0.2, 0) is 4.79 Å². The minimum atomic E-state index is -0.974. The molecule has 0 aromatic heterocycles. The zero-order valence-corrected chi connectivity index (χ0v) is 15.6. The summed E-state index contributed by atoms with van der Waals surface area (Å²) in [7, 11) is 0. The Balaban J connectivity index is 1.75. The van der Waals surface area contributed by atoms with Crippen molar-refractivity contribution in [2.24, 2.45) is 0 Å². The largest absolute Gasteiger partial charge is 0.478 e. The van der Waals surface area contributed by atoms with Crippen molar-refractivity contribution in [1.82, 2.24) is 0 Å². The first-order valence-electron chi connectivity index (χ1n) is 9.55. The van der Waals surface area contributed by atoms with E-state index in [9.17, 15) is 14.7 Å². The van der Waals surface area contributed by atoms with E-state index in [2.05, 4.69) is 22.3 Å². The minimum Gasteiger partial charge on any atom is -0.478 e. The van der Waals surface area contributed by atoms with Gasteiger partial charge in [0.25, 0.3) is 0 Å². The number of hydrogen-bond acceptors (Lipinski definition) is 3. The lowest BCUT2D eigenvalue weighted by Crippen LogP contribution is -2.22. The molecule has 1 fully saturated rings. The number of carboxylic acid groups (broad SMARTS) is 1. The van der Waals surface area contributed by atoms with E-state index in [0.29, 0.717) is 23.7 Å². The molecule has 1 amide bonds. The van der Waals surface area contributed by atoms with E-state index in [1.807, 2.05) is 31.2 Å². The van der Waals surface area contributed by atoms with Crippen LogP contribution in [0.3, 0.4) is 0 Å². The molecule has 5 nitrogen and oxygen atoms in total. The van der Waals surface area contributed by atoms with Crippen LogP contribution in [0.5, 0.6) is 0 Å². The first-order chi connectivity index (χ1) is 13.1. The second kappa shape index (κ2) is 8.71. The number of rotatable bonds is 7. The van der Waals surface area contributed by atoms with Gasteiger partial charge in [0.1, 0.15) is 0 Å². The van der Waals surface area contributed by atoms with Gasteiger partial charge in [-0.25, -0.2) is 4.79 Å². The minimum absolute atomic E-state index is 0.0775. The van der Waals surface area contributed by atoms with Gasteiger partial charge in [-0.15, -0.1) is 0 Å². The molecule has 2 N–H and O–H groups in total. The fourth-order valence-electron chi connectivity index (χ4n) is 3.60. The number of carbonyl (C=O) groups excluding carboxylic acids is 1. The van der Waals surface area contributed by atoms with Crippen LogP contribution in [0.2, 0.25) is 0 Å². The van der Waals surface area contributed by atoms with Gasteiger partial charge >= 0.3 is 5.97 Å². The predicted octanol–water partition coefficient (Wildman–Crippen LogP) is 4.51. The van der Waals surface area contributed by atoms with Gasteiger partial charge in [0.05, 0.1) is 11.3 Å². The number of amides is 1. The van der Waals surface area contributed by atoms with E-state index in [-0.39, 0.29) is 11.5 Å². The Labute approximate surface area is 160 Å². The standard InChI is InChI=1S/C22H26N2O3/c1-2-3-9-21(25)23-18-10-11-20(19(14-18)22(26)27)24-13-12-17(15-24)16-7-5-4-6-8-16/h4-8,10-11,14,17H,2-3,9,12-13,15H2,1H3,(H,23,25)(H,26,27). The molecule has 0 bridgehead atoms. The smallest absolute Gasteiger partial charge is 0.337 e. The highest BCUT2D eigenvalue weighted by Crippen LogP contribution is 2.33. The highest BCUT2D eigenvalue weighted by atomic mass is 16.4. The van der Waals surface area contributed by atoms with E-state index in [4.69, 9.17) is 0 Å². The van der Waals surface area contributed by atoms with Crippen molar-refractivity contribution in [3.8, 4) is 0 Å². The molecule has 2 aromatic carbocycles. The average molecular weight is 366 g/mol. The predicted molar refractivity (Wildman–Crippen MR) is 108 cm³/mol. The molecule has 0 radical (unpaired) electrons. The maximum atomic E-state index is 11.9. The van der Waals surface area contributed by atoms with Gasteiger partial charge in [-0.3, -0.25) is 4.79 Å². The Kier molecular flexibility index (Phi) is 6.12. The zero-order chi connectivity index (χ0) is 19.2. The molecule has 5 heteroatoms. The third-order valence-electron chi connectivity index (χ3n) is 5.07. The highest BCUT2D eigenvalue weighted by Gasteiger charge is 2.27. The van der Waals surface area contributed by atoms with Gasteiger partial charge in [-0.05, 0) is 36.6 Å². The van der Waals surface area contributed by atoms with Gasteiger partial charge < -0.3 is 15.3 Å².